The Morgan fingerprint density at radius 2 is 1.45 bits per heavy atom. The summed E-state index contributed by atoms with van der Waals surface area (Å²) in [5.74, 6) is 0. The van der Waals surface area contributed by atoms with E-state index in [1.165, 1.54) is 0 Å². The molecule has 64 valence electrons. The van der Waals surface area contributed by atoms with Gasteiger partial charge in [-0.1, -0.05) is 12.2 Å². The summed E-state index contributed by atoms with van der Waals surface area (Å²) in [5, 5.41) is 6.53. The molecule has 0 rings (SSSR count). The average Bonchev–Trinajstić information content (AvgIpc) is 1.97. The number of hydrogen-bond acceptors (Lipinski definition) is 2. The fraction of sp³-hybridized carbons (Fsp3) is 0.556. The third-order valence-corrected chi connectivity index (χ3v) is 1.38. The van der Waals surface area contributed by atoms with Crippen LogP contribution >= 0.6 is 0 Å². The van der Waals surface area contributed by atoms with Crippen molar-refractivity contribution in [1.82, 2.24) is 10.6 Å². The van der Waals surface area contributed by atoms with Crippen molar-refractivity contribution in [1.29, 1.82) is 0 Å². The predicted molar refractivity (Wildman–Crippen MR) is 50.5 cm³/mol. The molecule has 2 N–H and O–H groups in total. The average molecular weight is 154 g/mol. The quantitative estimate of drug-likeness (QED) is 0.445. The van der Waals surface area contributed by atoms with Gasteiger partial charge in [0, 0.05) is 13.1 Å². The SMILES string of the molecule is C=CCNC(C)(C)NCC=C. The lowest BCUT2D eigenvalue weighted by Crippen LogP contribution is -2.51. The van der Waals surface area contributed by atoms with Crippen molar-refractivity contribution in [2.24, 2.45) is 0 Å². The molecule has 11 heavy (non-hydrogen) atoms. The highest BCUT2D eigenvalue weighted by molar-refractivity contribution is 4.83. The van der Waals surface area contributed by atoms with Gasteiger partial charge in [0.2, 0.25) is 0 Å². The summed E-state index contributed by atoms with van der Waals surface area (Å²) in [6, 6.07) is 0. The van der Waals surface area contributed by atoms with Crippen molar-refractivity contribution in [3.05, 3.63) is 25.3 Å². The Hall–Kier alpha value is -0.600. The monoisotopic (exact) mass is 154 g/mol. The number of hydrogen-bond donors (Lipinski definition) is 2. The molecular formula is C9H18N2. The van der Waals surface area contributed by atoms with E-state index < -0.39 is 0 Å². The molecule has 2 nitrogen and oxygen atoms in total. The Labute approximate surface area is 69.4 Å². The maximum absolute atomic E-state index is 3.63. The van der Waals surface area contributed by atoms with Gasteiger partial charge in [-0.05, 0) is 13.8 Å². The van der Waals surface area contributed by atoms with E-state index >= 15 is 0 Å². The molecule has 0 heterocycles. The van der Waals surface area contributed by atoms with Crippen molar-refractivity contribution in [2.75, 3.05) is 13.1 Å². The van der Waals surface area contributed by atoms with Crippen molar-refractivity contribution in [2.45, 2.75) is 19.5 Å². The number of nitrogens with one attached hydrogen (secondary N) is 2. The fourth-order valence-corrected chi connectivity index (χ4v) is 0.717. The minimum Gasteiger partial charge on any atom is -0.296 e. The molecule has 0 aliphatic heterocycles. The van der Waals surface area contributed by atoms with Crippen LogP contribution in [-0.4, -0.2) is 18.8 Å². The highest BCUT2D eigenvalue weighted by Gasteiger charge is 2.12. The first-order chi connectivity index (χ1) is 5.12. The Bertz CT molecular complexity index is 114. The summed E-state index contributed by atoms with van der Waals surface area (Å²) >= 11 is 0. The molecule has 0 aliphatic carbocycles. The van der Waals surface area contributed by atoms with Crippen LogP contribution in [0, 0.1) is 0 Å². The van der Waals surface area contributed by atoms with Crippen LogP contribution in [-0.2, 0) is 0 Å². The fourth-order valence-electron chi connectivity index (χ4n) is 0.717. The molecule has 0 spiro atoms. The van der Waals surface area contributed by atoms with Crippen LogP contribution in [0.5, 0.6) is 0 Å². The van der Waals surface area contributed by atoms with Crippen LogP contribution in [0.2, 0.25) is 0 Å². The zero-order chi connectivity index (χ0) is 8.74. The minimum absolute atomic E-state index is 0.0393. The summed E-state index contributed by atoms with van der Waals surface area (Å²) in [7, 11) is 0. The molecule has 0 aromatic heterocycles. The van der Waals surface area contributed by atoms with Gasteiger partial charge in [-0.15, -0.1) is 13.2 Å². The molecule has 0 saturated heterocycles. The van der Waals surface area contributed by atoms with Crippen molar-refractivity contribution >= 4 is 0 Å². The van der Waals surface area contributed by atoms with Gasteiger partial charge in [0.05, 0.1) is 5.66 Å². The predicted octanol–water partition coefficient (Wildman–Crippen LogP) is 1.27. The smallest absolute Gasteiger partial charge is 0.0634 e. The van der Waals surface area contributed by atoms with Gasteiger partial charge in [-0.3, -0.25) is 10.6 Å². The number of rotatable bonds is 6. The van der Waals surface area contributed by atoms with Gasteiger partial charge < -0.3 is 0 Å². The molecule has 0 atom stereocenters. The van der Waals surface area contributed by atoms with Gasteiger partial charge in [0.1, 0.15) is 0 Å². The molecule has 0 saturated carbocycles. The molecule has 0 aromatic rings. The second kappa shape index (κ2) is 5.10. The summed E-state index contributed by atoms with van der Waals surface area (Å²) < 4.78 is 0. The molecule has 0 fully saturated rings. The van der Waals surface area contributed by atoms with Crippen LogP contribution in [0.4, 0.5) is 0 Å². The van der Waals surface area contributed by atoms with Crippen molar-refractivity contribution in [3.63, 3.8) is 0 Å². The van der Waals surface area contributed by atoms with Crippen LogP contribution < -0.4 is 10.6 Å². The van der Waals surface area contributed by atoms with Gasteiger partial charge in [0.25, 0.3) is 0 Å². The lowest BCUT2D eigenvalue weighted by Gasteiger charge is -2.26. The van der Waals surface area contributed by atoms with Crippen LogP contribution in [0.3, 0.4) is 0 Å². The molecule has 2 heteroatoms. The third kappa shape index (κ3) is 5.83. The largest absolute Gasteiger partial charge is 0.296 e. The molecule has 0 radical (unpaired) electrons. The zero-order valence-electron chi connectivity index (χ0n) is 7.48. The third-order valence-electron chi connectivity index (χ3n) is 1.38. The second-order valence-electron chi connectivity index (χ2n) is 2.96. The van der Waals surface area contributed by atoms with E-state index in [1.807, 2.05) is 12.2 Å². The lowest BCUT2D eigenvalue weighted by molar-refractivity contribution is 0.337. The van der Waals surface area contributed by atoms with Gasteiger partial charge in [-0.2, -0.15) is 0 Å². The van der Waals surface area contributed by atoms with E-state index in [4.69, 9.17) is 0 Å². The lowest BCUT2D eigenvalue weighted by atomic mass is 10.2. The summed E-state index contributed by atoms with van der Waals surface area (Å²) in [4.78, 5) is 0. The minimum atomic E-state index is -0.0393. The molecule has 0 aliphatic rings. The van der Waals surface area contributed by atoms with Gasteiger partial charge in [-0.25, -0.2) is 0 Å². The van der Waals surface area contributed by atoms with E-state index in [2.05, 4.69) is 37.6 Å². The molecular weight excluding hydrogens is 136 g/mol. The highest BCUT2D eigenvalue weighted by Crippen LogP contribution is 1.94. The first-order valence-electron chi connectivity index (χ1n) is 3.84. The highest BCUT2D eigenvalue weighted by atomic mass is 15.2. The second-order valence-corrected chi connectivity index (χ2v) is 2.96. The van der Waals surface area contributed by atoms with E-state index in [1.54, 1.807) is 0 Å². The maximum atomic E-state index is 3.63. The van der Waals surface area contributed by atoms with E-state index in [0.717, 1.165) is 13.1 Å². The Morgan fingerprint density at radius 3 is 1.73 bits per heavy atom. The summed E-state index contributed by atoms with van der Waals surface area (Å²) in [6.07, 6.45) is 3.69. The van der Waals surface area contributed by atoms with E-state index in [0.29, 0.717) is 0 Å². The van der Waals surface area contributed by atoms with Crippen LogP contribution in [0.15, 0.2) is 25.3 Å². The Kier molecular flexibility index (Phi) is 4.83. The standard InChI is InChI=1S/C9H18N2/c1-5-7-10-9(3,4)11-8-6-2/h5-6,10-11H,1-2,7-8H2,3-4H3. The topological polar surface area (TPSA) is 24.1 Å². The van der Waals surface area contributed by atoms with Gasteiger partial charge >= 0.3 is 0 Å². The van der Waals surface area contributed by atoms with Crippen molar-refractivity contribution in [3.8, 4) is 0 Å². The van der Waals surface area contributed by atoms with Crippen LogP contribution in [0.25, 0.3) is 0 Å². The normalized spacial score (nSPS) is 11.1. The molecule has 0 amide bonds. The first-order valence-corrected chi connectivity index (χ1v) is 3.84. The zero-order valence-corrected chi connectivity index (χ0v) is 7.48. The van der Waals surface area contributed by atoms with Gasteiger partial charge in [0.15, 0.2) is 0 Å². The Morgan fingerprint density at radius 1 is 1.09 bits per heavy atom. The van der Waals surface area contributed by atoms with Crippen LogP contribution in [0.1, 0.15) is 13.8 Å². The van der Waals surface area contributed by atoms with E-state index in [9.17, 15) is 0 Å². The molecule has 0 unspecified atom stereocenters. The summed E-state index contributed by atoms with van der Waals surface area (Å²) in [6.45, 7) is 13.1. The van der Waals surface area contributed by atoms with Crippen molar-refractivity contribution < 1.29 is 0 Å². The first kappa shape index (κ1) is 10.4. The molecule has 0 aromatic carbocycles. The maximum Gasteiger partial charge on any atom is 0.0634 e. The molecule has 0 bridgehead atoms. The van der Waals surface area contributed by atoms with E-state index in [-0.39, 0.29) is 5.66 Å². The Balaban J connectivity index is 3.59. The summed E-state index contributed by atoms with van der Waals surface area (Å²) in [5.41, 5.74) is -0.0393.